The van der Waals surface area contributed by atoms with Gasteiger partial charge in [0.2, 0.25) is 0 Å². The first-order valence-electron chi connectivity index (χ1n) is 7.77. The highest BCUT2D eigenvalue weighted by atomic mass is 79.9. The van der Waals surface area contributed by atoms with E-state index in [1.54, 1.807) is 7.11 Å². The Morgan fingerprint density at radius 1 is 1.19 bits per heavy atom. The summed E-state index contributed by atoms with van der Waals surface area (Å²) in [6.45, 7) is 13.6. The maximum absolute atomic E-state index is 5.52. The van der Waals surface area contributed by atoms with Gasteiger partial charge < -0.3 is 10.1 Å². The SMILES string of the molecule is COc1ccc(Br)cc1CC(CNCC(C)C)C(C)(C)C. The maximum atomic E-state index is 5.52. The number of hydrogen-bond acceptors (Lipinski definition) is 2. The summed E-state index contributed by atoms with van der Waals surface area (Å²) in [6, 6.07) is 6.26. The predicted molar refractivity (Wildman–Crippen MR) is 95.1 cm³/mol. The molecule has 0 heterocycles. The molecule has 0 spiro atoms. The fourth-order valence-corrected chi connectivity index (χ4v) is 2.81. The molecule has 0 aliphatic heterocycles. The molecule has 120 valence electrons. The molecule has 21 heavy (non-hydrogen) atoms. The van der Waals surface area contributed by atoms with E-state index in [9.17, 15) is 0 Å². The molecule has 1 N–H and O–H groups in total. The second-order valence-electron chi connectivity index (χ2n) is 7.28. The van der Waals surface area contributed by atoms with Gasteiger partial charge in [0.05, 0.1) is 7.11 Å². The van der Waals surface area contributed by atoms with Crippen molar-refractivity contribution in [2.24, 2.45) is 17.3 Å². The number of benzene rings is 1. The van der Waals surface area contributed by atoms with Gasteiger partial charge in [0.25, 0.3) is 0 Å². The van der Waals surface area contributed by atoms with Crippen LogP contribution in [0.4, 0.5) is 0 Å². The second kappa shape index (κ2) is 8.19. The summed E-state index contributed by atoms with van der Waals surface area (Å²) in [4.78, 5) is 0. The van der Waals surface area contributed by atoms with Gasteiger partial charge in [-0.1, -0.05) is 50.5 Å². The third-order valence-electron chi connectivity index (χ3n) is 3.88. The van der Waals surface area contributed by atoms with E-state index in [4.69, 9.17) is 4.74 Å². The van der Waals surface area contributed by atoms with Crippen LogP contribution in [-0.2, 0) is 6.42 Å². The fraction of sp³-hybridized carbons (Fsp3) is 0.667. The van der Waals surface area contributed by atoms with Gasteiger partial charge in [0.15, 0.2) is 0 Å². The van der Waals surface area contributed by atoms with Crippen LogP contribution in [0.2, 0.25) is 0 Å². The van der Waals surface area contributed by atoms with Gasteiger partial charge in [-0.3, -0.25) is 0 Å². The molecular formula is C18H30BrNO. The predicted octanol–water partition coefficient (Wildman–Crippen LogP) is 4.91. The number of ether oxygens (including phenoxy) is 1. The molecule has 1 aromatic rings. The van der Waals surface area contributed by atoms with E-state index < -0.39 is 0 Å². The Kier molecular flexibility index (Phi) is 7.22. The standard InChI is InChI=1S/C18H30BrNO/c1-13(2)11-20-12-15(18(3,4)5)9-14-10-16(19)7-8-17(14)21-6/h7-8,10,13,15,20H,9,11-12H2,1-6H3. The molecule has 0 fully saturated rings. The lowest BCUT2D eigenvalue weighted by molar-refractivity contribution is 0.227. The van der Waals surface area contributed by atoms with Crippen molar-refractivity contribution >= 4 is 15.9 Å². The Morgan fingerprint density at radius 2 is 1.86 bits per heavy atom. The molecule has 1 aromatic carbocycles. The van der Waals surface area contributed by atoms with Crippen molar-refractivity contribution in [1.82, 2.24) is 5.32 Å². The van der Waals surface area contributed by atoms with E-state index in [0.717, 1.165) is 29.7 Å². The fourth-order valence-electron chi connectivity index (χ4n) is 2.40. The first kappa shape index (κ1) is 18.5. The molecule has 0 aliphatic carbocycles. The van der Waals surface area contributed by atoms with Gasteiger partial charge in [-0.25, -0.2) is 0 Å². The van der Waals surface area contributed by atoms with Gasteiger partial charge >= 0.3 is 0 Å². The highest BCUT2D eigenvalue weighted by molar-refractivity contribution is 9.10. The van der Waals surface area contributed by atoms with Crippen molar-refractivity contribution in [3.05, 3.63) is 28.2 Å². The van der Waals surface area contributed by atoms with Crippen molar-refractivity contribution in [2.45, 2.75) is 41.0 Å². The minimum absolute atomic E-state index is 0.261. The van der Waals surface area contributed by atoms with Crippen molar-refractivity contribution in [2.75, 3.05) is 20.2 Å². The topological polar surface area (TPSA) is 21.3 Å². The molecule has 0 bridgehead atoms. The second-order valence-corrected chi connectivity index (χ2v) is 8.19. The smallest absolute Gasteiger partial charge is 0.122 e. The van der Waals surface area contributed by atoms with Gasteiger partial charge in [0.1, 0.15) is 5.75 Å². The monoisotopic (exact) mass is 355 g/mol. The van der Waals surface area contributed by atoms with Crippen molar-refractivity contribution in [1.29, 1.82) is 0 Å². The lowest BCUT2D eigenvalue weighted by Gasteiger charge is -2.32. The van der Waals surface area contributed by atoms with Crippen molar-refractivity contribution < 1.29 is 4.74 Å². The van der Waals surface area contributed by atoms with Crippen LogP contribution in [0.5, 0.6) is 5.75 Å². The van der Waals surface area contributed by atoms with Crippen LogP contribution in [0.1, 0.15) is 40.2 Å². The molecule has 1 atom stereocenters. The third-order valence-corrected chi connectivity index (χ3v) is 4.37. The Balaban J connectivity index is 2.83. The maximum Gasteiger partial charge on any atom is 0.122 e. The summed E-state index contributed by atoms with van der Waals surface area (Å²) in [5.41, 5.74) is 1.54. The first-order valence-corrected chi connectivity index (χ1v) is 8.56. The van der Waals surface area contributed by atoms with Gasteiger partial charge in [-0.05, 0) is 60.5 Å². The molecule has 0 aromatic heterocycles. The zero-order valence-electron chi connectivity index (χ0n) is 14.3. The van der Waals surface area contributed by atoms with E-state index in [1.807, 2.05) is 12.1 Å². The van der Waals surface area contributed by atoms with Crippen LogP contribution in [0.15, 0.2) is 22.7 Å². The molecule has 0 radical (unpaired) electrons. The minimum atomic E-state index is 0.261. The minimum Gasteiger partial charge on any atom is -0.496 e. The molecule has 0 aliphatic rings. The Hall–Kier alpha value is -0.540. The van der Waals surface area contributed by atoms with Crippen molar-refractivity contribution in [3.8, 4) is 5.75 Å². The van der Waals surface area contributed by atoms with E-state index in [0.29, 0.717) is 11.8 Å². The Bertz CT molecular complexity index is 437. The van der Waals surface area contributed by atoms with Crippen LogP contribution < -0.4 is 10.1 Å². The summed E-state index contributed by atoms with van der Waals surface area (Å²) in [7, 11) is 1.75. The van der Waals surface area contributed by atoms with Crippen molar-refractivity contribution in [3.63, 3.8) is 0 Å². The Labute approximate surface area is 138 Å². The molecule has 2 nitrogen and oxygen atoms in total. The average molecular weight is 356 g/mol. The van der Waals surface area contributed by atoms with Crippen LogP contribution in [0, 0.1) is 17.3 Å². The first-order chi connectivity index (χ1) is 9.74. The molecule has 1 unspecified atom stereocenters. The molecule has 0 saturated carbocycles. The molecule has 0 saturated heterocycles. The molecule has 3 heteroatoms. The quantitative estimate of drug-likeness (QED) is 0.750. The zero-order chi connectivity index (χ0) is 16.0. The lowest BCUT2D eigenvalue weighted by atomic mass is 9.77. The van der Waals surface area contributed by atoms with Gasteiger partial charge in [-0.2, -0.15) is 0 Å². The molecule has 1 rings (SSSR count). The number of halogens is 1. The van der Waals surface area contributed by atoms with Crippen LogP contribution in [-0.4, -0.2) is 20.2 Å². The largest absolute Gasteiger partial charge is 0.496 e. The van der Waals surface area contributed by atoms with Gasteiger partial charge in [-0.15, -0.1) is 0 Å². The molecular weight excluding hydrogens is 326 g/mol. The Morgan fingerprint density at radius 3 is 2.38 bits per heavy atom. The summed E-state index contributed by atoms with van der Waals surface area (Å²) in [6.07, 6.45) is 1.03. The number of methoxy groups -OCH3 is 1. The number of nitrogens with one attached hydrogen (secondary N) is 1. The van der Waals surface area contributed by atoms with Crippen LogP contribution >= 0.6 is 15.9 Å². The lowest BCUT2D eigenvalue weighted by Crippen LogP contribution is -2.35. The highest BCUT2D eigenvalue weighted by Gasteiger charge is 2.25. The van der Waals surface area contributed by atoms with E-state index in [-0.39, 0.29) is 5.41 Å². The third kappa shape index (κ3) is 6.39. The van der Waals surface area contributed by atoms with E-state index >= 15 is 0 Å². The highest BCUT2D eigenvalue weighted by Crippen LogP contribution is 2.32. The normalized spacial score (nSPS) is 13.5. The summed E-state index contributed by atoms with van der Waals surface area (Å²) >= 11 is 3.57. The van der Waals surface area contributed by atoms with E-state index in [2.05, 4.69) is 61.9 Å². The van der Waals surface area contributed by atoms with E-state index in [1.165, 1.54) is 5.56 Å². The van der Waals surface area contributed by atoms with Crippen LogP contribution in [0.3, 0.4) is 0 Å². The van der Waals surface area contributed by atoms with Crippen LogP contribution in [0.25, 0.3) is 0 Å². The summed E-state index contributed by atoms with van der Waals surface area (Å²) < 4.78 is 6.63. The summed E-state index contributed by atoms with van der Waals surface area (Å²) in [5.74, 6) is 2.24. The average Bonchev–Trinajstić information content (AvgIpc) is 2.36. The van der Waals surface area contributed by atoms with Gasteiger partial charge in [0, 0.05) is 4.47 Å². The molecule has 0 amide bonds. The number of hydrogen-bond donors (Lipinski definition) is 1. The number of rotatable bonds is 7. The zero-order valence-corrected chi connectivity index (χ0v) is 15.9. The summed E-state index contributed by atoms with van der Waals surface area (Å²) in [5, 5.41) is 3.61.